The van der Waals surface area contributed by atoms with Crippen molar-refractivity contribution in [3.63, 3.8) is 0 Å². The number of fused-ring (bicyclic) bond motifs is 2. The van der Waals surface area contributed by atoms with Gasteiger partial charge in [0.25, 0.3) is 0 Å². The smallest absolute Gasteiger partial charge is 0.209 e. The van der Waals surface area contributed by atoms with E-state index >= 15 is 0 Å². The van der Waals surface area contributed by atoms with E-state index in [4.69, 9.17) is 9.47 Å². The molecular formula is C38H46Br3N2O2+. The normalized spacial score (nSPS) is 20.7. The average Bonchev–Trinajstić information content (AvgIpc) is 3.34. The standard InChI is InChI=1S/C38H46Br3N2O2/c1-37(2)30-24-28(39)14-16-32(30)42(20-8-22-44-5)34(37)18-12-26-10-7-11-27(36(26)41)13-19-35-38(3,4)31-25-29(40)15-17-33(31)43(35)21-9-23-45-6/h12-19,24-25H,7-11,20-23H2,1-6H3/q+1. The number of allylic oxidation sites excluding steroid dienone is 8. The molecule has 0 saturated heterocycles. The summed E-state index contributed by atoms with van der Waals surface area (Å²) in [6.07, 6.45) is 14.7. The second-order valence-electron chi connectivity index (χ2n) is 13.2. The molecule has 0 saturated carbocycles. The van der Waals surface area contributed by atoms with Crippen LogP contribution in [0.5, 0.6) is 0 Å². The first kappa shape index (κ1) is 34.6. The lowest BCUT2D eigenvalue weighted by Gasteiger charge is -2.27. The van der Waals surface area contributed by atoms with Gasteiger partial charge in [-0.3, -0.25) is 0 Å². The summed E-state index contributed by atoms with van der Waals surface area (Å²) < 4.78 is 16.8. The monoisotopic (exact) mass is 799 g/mol. The number of rotatable bonds is 11. The first-order valence-electron chi connectivity index (χ1n) is 16.0. The number of halogens is 3. The maximum atomic E-state index is 5.41. The van der Waals surface area contributed by atoms with Crippen molar-refractivity contribution in [2.75, 3.05) is 45.4 Å². The van der Waals surface area contributed by atoms with Crippen LogP contribution < -0.4 is 4.90 Å². The first-order valence-corrected chi connectivity index (χ1v) is 18.4. The predicted octanol–water partition coefficient (Wildman–Crippen LogP) is 10.7. The van der Waals surface area contributed by atoms with Gasteiger partial charge in [-0.25, -0.2) is 0 Å². The number of hydrogen-bond donors (Lipinski definition) is 0. The molecule has 0 radical (unpaired) electrons. The zero-order chi connectivity index (χ0) is 32.4. The van der Waals surface area contributed by atoms with Crippen molar-refractivity contribution in [3.8, 4) is 0 Å². The maximum absolute atomic E-state index is 5.41. The molecule has 0 fully saturated rings. The van der Waals surface area contributed by atoms with Crippen molar-refractivity contribution >= 4 is 64.9 Å². The van der Waals surface area contributed by atoms with E-state index in [0.29, 0.717) is 0 Å². The molecule has 0 bridgehead atoms. The lowest BCUT2D eigenvalue weighted by atomic mass is 9.81. The Labute approximate surface area is 295 Å². The lowest BCUT2D eigenvalue weighted by molar-refractivity contribution is -0.438. The Kier molecular flexibility index (Phi) is 11.2. The topological polar surface area (TPSA) is 24.7 Å². The molecule has 3 aliphatic rings. The van der Waals surface area contributed by atoms with Crippen molar-refractivity contribution in [1.82, 2.24) is 0 Å². The molecule has 240 valence electrons. The zero-order valence-corrected chi connectivity index (χ0v) is 32.2. The molecular weight excluding hydrogens is 756 g/mol. The molecule has 2 aromatic carbocycles. The van der Waals surface area contributed by atoms with Gasteiger partial charge in [0.1, 0.15) is 0 Å². The van der Waals surface area contributed by atoms with Crippen molar-refractivity contribution in [1.29, 1.82) is 0 Å². The summed E-state index contributed by atoms with van der Waals surface area (Å²) in [7, 11) is 3.56. The van der Waals surface area contributed by atoms with Crippen LogP contribution in [-0.2, 0) is 20.3 Å². The Balaban J connectivity index is 1.48. The van der Waals surface area contributed by atoms with Crippen LogP contribution in [-0.4, -0.2) is 50.8 Å². The van der Waals surface area contributed by atoms with E-state index in [1.54, 1.807) is 14.2 Å². The number of nitrogens with zero attached hydrogens (tertiary/aromatic N) is 2. The van der Waals surface area contributed by atoms with Gasteiger partial charge in [0.05, 0.1) is 12.0 Å². The summed E-state index contributed by atoms with van der Waals surface area (Å²) in [6, 6.07) is 13.4. The van der Waals surface area contributed by atoms with Gasteiger partial charge in [-0.2, -0.15) is 4.58 Å². The second kappa shape index (κ2) is 14.6. The van der Waals surface area contributed by atoms with Crippen LogP contribution in [0.4, 0.5) is 11.4 Å². The predicted molar refractivity (Wildman–Crippen MR) is 200 cm³/mol. The van der Waals surface area contributed by atoms with Crippen LogP contribution >= 0.6 is 47.8 Å². The first-order chi connectivity index (χ1) is 21.5. The highest BCUT2D eigenvalue weighted by Gasteiger charge is 2.44. The summed E-state index contributed by atoms with van der Waals surface area (Å²) in [5.41, 5.74) is 10.5. The Morgan fingerprint density at radius 3 is 2.24 bits per heavy atom. The lowest BCUT2D eigenvalue weighted by Crippen LogP contribution is -2.28. The molecule has 0 atom stereocenters. The van der Waals surface area contributed by atoms with Gasteiger partial charge in [-0.15, -0.1) is 0 Å². The Bertz CT molecular complexity index is 1600. The third kappa shape index (κ3) is 7.08. The molecule has 2 aromatic rings. The third-order valence-electron chi connectivity index (χ3n) is 9.51. The van der Waals surface area contributed by atoms with Crippen LogP contribution in [0.15, 0.2) is 91.0 Å². The minimum absolute atomic E-state index is 0.0994. The largest absolute Gasteiger partial charge is 0.385 e. The summed E-state index contributed by atoms with van der Waals surface area (Å²) in [4.78, 5) is 2.49. The van der Waals surface area contributed by atoms with Crippen LogP contribution in [0.1, 0.15) is 70.9 Å². The van der Waals surface area contributed by atoms with E-state index < -0.39 is 0 Å². The number of ether oxygens (including phenoxy) is 2. The van der Waals surface area contributed by atoms with Crippen LogP contribution in [0.3, 0.4) is 0 Å². The molecule has 5 rings (SSSR count). The van der Waals surface area contributed by atoms with Gasteiger partial charge in [-0.05, 0) is 92.6 Å². The van der Waals surface area contributed by atoms with Crippen molar-refractivity contribution < 1.29 is 14.0 Å². The summed E-state index contributed by atoms with van der Waals surface area (Å²) >= 11 is 11.5. The Morgan fingerprint density at radius 2 is 1.51 bits per heavy atom. The SMILES string of the molecule is COCCCN1/C(=C/C=C2\CCCC(/C=C/C3=[N+](CCCOC)c4ccc(Br)cc4C3(C)C)=C2Br)C(C)(C)c2cc(Br)ccc21. The highest BCUT2D eigenvalue weighted by Crippen LogP contribution is 2.49. The van der Waals surface area contributed by atoms with E-state index in [-0.39, 0.29) is 10.8 Å². The molecule has 2 heterocycles. The number of hydrogen-bond acceptors (Lipinski definition) is 3. The molecule has 1 aliphatic carbocycles. The molecule has 4 nitrogen and oxygen atoms in total. The number of methoxy groups -OCH3 is 2. The van der Waals surface area contributed by atoms with E-state index in [0.717, 1.165) is 67.4 Å². The fourth-order valence-corrected chi connectivity index (χ4v) is 8.46. The highest BCUT2D eigenvalue weighted by atomic mass is 79.9. The maximum Gasteiger partial charge on any atom is 0.209 e. The molecule has 7 heteroatoms. The van der Waals surface area contributed by atoms with Gasteiger partial charge >= 0.3 is 0 Å². The minimum Gasteiger partial charge on any atom is -0.385 e. The second-order valence-corrected chi connectivity index (χ2v) is 15.8. The summed E-state index contributed by atoms with van der Waals surface area (Å²) in [5.74, 6) is 0. The molecule has 0 amide bonds. The molecule has 0 aromatic heterocycles. The zero-order valence-electron chi connectivity index (χ0n) is 27.5. The van der Waals surface area contributed by atoms with Gasteiger partial charge in [-0.1, -0.05) is 73.8 Å². The fraction of sp³-hybridized carbons (Fsp3) is 0.447. The molecule has 45 heavy (non-hydrogen) atoms. The van der Waals surface area contributed by atoms with Gasteiger partial charge in [0.15, 0.2) is 12.3 Å². The number of anilines is 1. The van der Waals surface area contributed by atoms with E-state index in [2.05, 4.69) is 146 Å². The van der Waals surface area contributed by atoms with Crippen LogP contribution in [0, 0.1) is 0 Å². The highest BCUT2D eigenvalue weighted by molar-refractivity contribution is 9.12. The van der Waals surface area contributed by atoms with E-state index in [9.17, 15) is 0 Å². The number of benzene rings is 2. The van der Waals surface area contributed by atoms with Gasteiger partial charge in [0.2, 0.25) is 5.69 Å². The average molecular weight is 803 g/mol. The third-order valence-corrected chi connectivity index (χ3v) is 11.5. The molecule has 0 N–H and O–H groups in total. The quantitative estimate of drug-likeness (QED) is 0.167. The van der Waals surface area contributed by atoms with Gasteiger partial charge < -0.3 is 14.4 Å². The van der Waals surface area contributed by atoms with Crippen LogP contribution in [0.2, 0.25) is 0 Å². The van der Waals surface area contributed by atoms with Crippen LogP contribution in [0.25, 0.3) is 0 Å². The van der Waals surface area contributed by atoms with Crippen molar-refractivity contribution in [2.45, 2.75) is 70.6 Å². The summed E-state index contributed by atoms with van der Waals surface area (Å²) in [5, 5.41) is 0. The van der Waals surface area contributed by atoms with E-state index in [1.165, 1.54) is 49.5 Å². The van der Waals surface area contributed by atoms with Crippen molar-refractivity contribution in [2.24, 2.45) is 0 Å². The van der Waals surface area contributed by atoms with Crippen molar-refractivity contribution in [3.05, 3.63) is 102 Å². The Morgan fingerprint density at radius 1 is 0.822 bits per heavy atom. The van der Waals surface area contributed by atoms with E-state index in [1.807, 2.05) is 0 Å². The minimum atomic E-state index is -0.0994. The molecule has 0 spiro atoms. The summed E-state index contributed by atoms with van der Waals surface area (Å²) in [6.45, 7) is 12.7. The molecule has 0 unspecified atom stereocenters. The fourth-order valence-electron chi connectivity index (χ4n) is 7.08. The molecule has 2 aliphatic heterocycles. The Hall–Kier alpha value is -1.77. The van der Waals surface area contributed by atoms with Gasteiger partial charge in [0, 0.05) is 81.7 Å².